The van der Waals surface area contributed by atoms with E-state index in [1.54, 1.807) is 78.9 Å². The van der Waals surface area contributed by atoms with Crippen molar-refractivity contribution in [2.24, 2.45) is 5.73 Å². The molecule has 33 heavy (non-hydrogen) atoms. The highest BCUT2D eigenvalue weighted by atomic mass is 35.5. The number of primary amides is 1. The Morgan fingerprint density at radius 1 is 1.00 bits per heavy atom. The molecule has 9 heteroatoms. The van der Waals surface area contributed by atoms with Crippen LogP contribution in [0.1, 0.15) is 22.2 Å². The molecule has 4 aromatic rings. The number of fused-ring (bicyclic) bond motifs is 1. The smallest absolute Gasteiger partial charge is 0.356 e. The Morgan fingerprint density at radius 3 is 2.24 bits per heavy atom. The Balaban J connectivity index is 1.89. The average molecular weight is 483 g/mol. The van der Waals surface area contributed by atoms with Crippen LogP contribution in [0.3, 0.4) is 0 Å². The minimum absolute atomic E-state index is 0.106. The number of amides is 1. The predicted octanol–water partition coefficient (Wildman–Crippen LogP) is 4.08. The molecule has 0 aliphatic heterocycles. The van der Waals surface area contributed by atoms with Gasteiger partial charge in [-0.1, -0.05) is 60.1 Å². The lowest BCUT2D eigenvalue weighted by Crippen LogP contribution is -2.29. The Kier molecular flexibility index (Phi) is 6.38. The third-order valence-corrected chi connectivity index (χ3v) is 7.95. The number of hydrogen-bond acceptors (Lipinski definition) is 5. The molecule has 0 aliphatic carbocycles. The van der Waals surface area contributed by atoms with Gasteiger partial charge in [-0.15, -0.1) is 0 Å². The number of hydrogen-bond donors (Lipinski definition) is 2. The summed E-state index contributed by atoms with van der Waals surface area (Å²) in [5.41, 5.74) is 6.32. The van der Waals surface area contributed by atoms with Crippen LogP contribution in [0.5, 0.6) is 0 Å². The third-order valence-electron chi connectivity index (χ3n) is 5.17. The lowest BCUT2D eigenvalue weighted by atomic mass is 10.1. The van der Waals surface area contributed by atoms with E-state index in [4.69, 9.17) is 26.6 Å². The van der Waals surface area contributed by atoms with Crippen molar-refractivity contribution in [1.82, 2.24) is 4.98 Å². The van der Waals surface area contributed by atoms with Gasteiger partial charge in [-0.05, 0) is 30.3 Å². The summed E-state index contributed by atoms with van der Waals surface area (Å²) in [7, 11) is -2.45. The van der Waals surface area contributed by atoms with Crippen LogP contribution in [-0.2, 0) is 18.6 Å². The second kappa shape index (κ2) is 9.24. The monoisotopic (exact) mass is 482 g/mol. The van der Waals surface area contributed by atoms with Gasteiger partial charge < -0.3 is 20.0 Å². The first kappa shape index (κ1) is 22.8. The van der Waals surface area contributed by atoms with E-state index in [9.17, 15) is 14.2 Å². The standard InChI is InChI=1S/C24H20ClN2O5P/c1-31-33(30,17-10-6-3-7-11-17)22-18-14-16(25)12-13-19(18)27-20(22)24(29)32-21(23(26)28)15-8-4-2-5-9-15/h2-14,21,27H,1H3,(H2,26,28)/t21-,33?/m0/s1. The fraction of sp³-hybridized carbons (Fsp3) is 0.0833. The van der Waals surface area contributed by atoms with Crippen molar-refractivity contribution in [2.45, 2.75) is 6.10 Å². The molecule has 0 spiro atoms. The molecule has 1 unspecified atom stereocenters. The Bertz CT molecular complexity index is 1370. The van der Waals surface area contributed by atoms with Crippen LogP contribution in [0.15, 0.2) is 78.9 Å². The van der Waals surface area contributed by atoms with Gasteiger partial charge in [0.05, 0.1) is 5.30 Å². The highest BCUT2D eigenvalue weighted by Crippen LogP contribution is 2.47. The predicted molar refractivity (Wildman–Crippen MR) is 127 cm³/mol. The van der Waals surface area contributed by atoms with E-state index in [0.717, 1.165) is 0 Å². The van der Waals surface area contributed by atoms with Gasteiger partial charge in [0.25, 0.3) is 13.3 Å². The summed E-state index contributed by atoms with van der Waals surface area (Å²) in [6.45, 7) is 0. The van der Waals surface area contributed by atoms with E-state index in [-0.39, 0.29) is 11.0 Å². The number of carbonyl (C=O) groups excluding carboxylic acids is 2. The fourth-order valence-electron chi connectivity index (χ4n) is 3.64. The summed E-state index contributed by atoms with van der Waals surface area (Å²) in [6, 6.07) is 21.8. The Hall–Kier alpha value is -3.38. The molecule has 7 nitrogen and oxygen atoms in total. The van der Waals surface area contributed by atoms with Crippen molar-refractivity contribution in [1.29, 1.82) is 0 Å². The van der Waals surface area contributed by atoms with Gasteiger partial charge in [-0.2, -0.15) is 0 Å². The number of benzene rings is 3. The van der Waals surface area contributed by atoms with Gasteiger partial charge in [0.1, 0.15) is 5.69 Å². The molecule has 1 amide bonds. The number of H-pyrrole nitrogens is 1. The van der Waals surface area contributed by atoms with Crippen LogP contribution in [0.4, 0.5) is 0 Å². The Labute approximate surface area is 194 Å². The second-order valence-electron chi connectivity index (χ2n) is 7.21. The lowest BCUT2D eigenvalue weighted by molar-refractivity contribution is -0.127. The topological polar surface area (TPSA) is 111 Å². The highest BCUT2D eigenvalue weighted by Gasteiger charge is 2.37. The lowest BCUT2D eigenvalue weighted by Gasteiger charge is -2.19. The highest BCUT2D eigenvalue weighted by molar-refractivity contribution is 7.75. The summed E-state index contributed by atoms with van der Waals surface area (Å²) >= 11 is 6.20. The first-order valence-electron chi connectivity index (χ1n) is 9.93. The molecule has 1 aromatic heterocycles. The molecule has 3 aromatic carbocycles. The first-order chi connectivity index (χ1) is 15.8. The van der Waals surface area contributed by atoms with Gasteiger partial charge in [0, 0.05) is 33.9 Å². The zero-order valence-corrected chi connectivity index (χ0v) is 19.2. The van der Waals surface area contributed by atoms with Crippen molar-refractivity contribution >= 4 is 52.4 Å². The van der Waals surface area contributed by atoms with Crippen molar-refractivity contribution < 1.29 is 23.4 Å². The summed E-state index contributed by atoms with van der Waals surface area (Å²) in [6.07, 6.45) is -1.33. The maximum Gasteiger partial charge on any atom is 0.356 e. The zero-order chi connectivity index (χ0) is 23.6. The average Bonchev–Trinajstić information content (AvgIpc) is 3.22. The molecule has 0 bridgehead atoms. The van der Waals surface area contributed by atoms with Crippen molar-refractivity contribution in [2.75, 3.05) is 7.11 Å². The van der Waals surface area contributed by atoms with Crippen LogP contribution in [0, 0.1) is 0 Å². The number of nitrogens with two attached hydrogens (primary N) is 1. The number of halogens is 1. The van der Waals surface area contributed by atoms with Crippen LogP contribution >= 0.6 is 19.0 Å². The molecular weight excluding hydrogens is 463 g/mol. The number of nitrogens with one attached hydrogen (secondary N) is 1. The van der Waals surface area contributed by atoms with Crippen molar-refractivity contribution in [3.05, 3.63) is 95.1 Å². The third kappa shape index (κ3) is 4.31. The van der Waals surface area contributed by atoms with Gasteiger partial charge in [0.2, 0.25) is 6.10 Å². The molecule has 2 atom stereocenters. The number of ether oxygens (including phenoxy) is 1. The number of aromatic amines is 1. The van der Waals surface area contributed by atoms with E-state index in [2.05, 4.69) is 4.98 Å². The first-order valence-corrected chi connectivity index (χ1v) is 11.9. The molecule has 0 saturated carbocycles. The van der Waals surface area contributed by atoms with Crippen LogP contribution in [0.25, 0.3) is 10.9 Å². The summed E-state index contributed by atoms with van der Waals surface area (Å²) in [5.74, 6) is -1.74. The quantitative estimate of drug-likeness (QED) is 0.304. The van der Waals surface area contributed by atoms with E-state index in [1.165, 1.54) is 7.11 Å². The van der Waals surface area contributed by atoms with E-state index in [0.29, 0.717) is 26.8 Å². The van der Waals surface area contributed by atoms with Crippen molar-refractivity contribution in [3.8, 4) is 0 Å². The maximum atomic E-state index is 14.2. The molecule has 4 rings (SSSR count). The van der Waals surface area contributed by atoms with E-state index < -0.39 is 25.3 Å². The SMILES string of the molecule is COP(=O)(c1ccccc1)c1c(C(=O)O[C@H](C(N)=O)c2ccccc2)[nH]c2ccc(Cl)cc12. The summed E-state index contributed by atoms with van der Waals surface area (Å²) in [5, 5.41) is 1.32. The molecule has 0 aliphatic rings. The second-order valence-corrected chi connectivity index (χ2v) is 10.1. The van der Waals surface area contributed by atoms with E-state index >= 15 is 0 Å². The Morgan fingerprint density at radius 2 is 1.64 bits per heavy atom. The molecule has 168 valence electrons. The van der Waals surface area contributed by atoms with Crippen LogP contribution < -0.4 is 16.3 Å². The van der Waals surface area contributed by atoms with Crippen LogP contribution in [0.2, 0.25) is 5.02 Å². The number of rotatable bonds is 7. The number of aromatic nitrogens is 1. The van der Waals surface area contributed by atoms with Gasteiger partial charge in [-0.25, -0.2) is 4.79 Å². The van der Waals surface area contributed by atoms with Gasteiger partial charge >= 0.3 is 5.97 Å². The van der Waals surface area contributed by atoms with Gasteiger partial charge in [0.15, 0.2) is 0 Å². The summed E-state index contributed by atoms with van der Waals surface area (Å²) < 4.78 is 25.2. The van der Waals surface area contributed by atoms with E-state index in [1.807, 2.05) is 0 Å². The number of esters is 1. The molecular formula is C24H20ClN2O5P. The minimum Gasteiger partial charge on any atom is -0.443 e. The minimum atomic E-state index is -3.76. The molecule has 3 N–H and O–H groups in total. The van der Waals surface area contributed by atoms with Gasteiger partial charge in [-0.3, -0.25) is 9.36 Å². The normalized spacial score (nSPS) is 13.9. The maximum absolute atomic E-state index is 14.2. The summed E-state index contributed by atoms with van der Waals surface area (Å²) in [4.78, 5) is 28.4. The molecule has 0 saturated heterocycles. The number of carbonyl (C=O) groups is 2. The largest absolute Gasteiger partial charge is 0.443 e. The molecule has 1 heterocycles. The van der Waals surface area contributed by atoms with Crippen molar-refractivity contribution in [3.63, 3.8) is 0 Å². The molecule has 0 fully saturated rings. The molecule has 0 radical (unpaired) electrons. The fourth-order valence-corrected chi connectivity index (χ4v) is 5.97. The van der Waals surface area contributed by atoms with Crippen LogP contribution in [-0.4, -0.2) is 24.0 Å². The zero-order valence-electron chi connectivity index (χ0n) is 17.5.